The van der Waals surface area contributed by atoms with Gasteiger partial charge in [0.25, 0.3) is 5.91 Å². The molecule has 7 nitrogen and oxygen atoms in total. The molecule has 27 heavy (non-hydrogen) atoms. The third-order valence-corrected chi connectivity index (χ3v) is 6.00. The van der Waals surface area contributed by atoms with Crippen LogP contribution >= 0.6 is 0 Å². The largest absolute Gasteiger partial charge is 0.506 e. The Labute approximate surface area is 152 Å². The van der Waals surface area contributed by atoms with Crippen LogP contribution in [0.25, 0.3) is 0 Å². The van der Waals surface area contributed by atoms with Crippen molar-refractivity contribution in [3.8, 4) is 5.75 Å². The van der Waals surface area contributed by atoms with Crippen LogP contribution in [0.4, 0.5) is 23.2 Å². The minimum Gasteiger partial charge on any atom is -0.506 e. The number of likely N-dealkylation sites (tertiary alicyclic amines) is 1. The zero-order valence-electron chi connectivity index (χ0n) is 14.0. The number of phenols is 1. The molecule has 2 aliphatic rings. The number of benzene rings is 1. The Bertz CT molecular complexity index is 836. The molecule has 1 atom stereocenters. The Morgan fingerprint density at radius 1 is 1.30 bits per heavy atom. The monoisotopic (exact) mass is 411 g/mol. The molecule has 0 bridgehead atoms. The van der Waals surface area contributed by atoms with Crippen molar-refractivity contribution >= 4 is 21.8 Å². The Hall–Kier alpha value is -2.08. The average molecular weight is 411 g/mol. The lowest BCUT2D eigenvalue weighted by molar-refractivity contribution is -0.170. The summed E-state index contributed by atoms with van der Waals surface area (Å²) in [6, 6.07) is 2.15. The zero-order chi connectivity index (χ0) is 20.0. The molecule has 2 aliphatic heterocycles. The minimum absolute atomic E-state index is 0.00982. The number of alkyl halides is 3. The summed E-state index contributed by atoms with van der Waals surface area (Å²) < 4.78 is 78.1. The molecule has 2 saturated heterocycles. The summed E-state index contributed by atoms with van der Waals surface area (Å²) in [6.07, 6.45) is -4.05. The van der Waals surface area contributed by atoms with E-state index in [0.717, 1.165) is 12.1 Å². The van der Waals surface area contributed by atoms with Gasteiger partial charge in [0.2, 0.25) is 0 Å². The smallest absolute Gasteiger partial charge is 0.393 e. The van der Waals surface area contributed by atoms with Crippen molar-refractivity contribution in [2.75, 3.05) is 30.5 Å². The summed E-state index contributed by atoms with van der Waals surface area (Å²) in [5.41, 5.74) is -0.338. The van der Waals surface area contributed by atoms with Gasteiger partial charge >= 0.3 is 16.4 Å². The number of aromatic hydroxyl groups is 1. The molecule has 0 unspecified atom stereocenters. The Morgan fingerprint density at radius 2 is 2.00 bits per heavy atom. The first-order valence-electron chi connectivity index (χ1n) is 8.11. The normalized spacial score (nSPS) is 23.0. The number of hydrogen-bond acceptors (Lipinski definition) is 5. The van der Waals surface area contributed by atoms with Gasteiger partial charge in [0.15, 0.2) is 5.82 Å². The van der Waals surface area contributed by atoms with Crippen molar-refractivity contribution in [2.24, 2.45) is 5.92 Å². The summed E-state index contributed by atoms with van der Waals surface area (Å²) in [5.74, 6) is -3.94. The lowest BCUT2D eigenvalue weighted by Crippen LogP contribution is -2.30. The highest BCUT2D eigenvalue weighted by molar-refractivity contribution is 7.92. The predicted octanol–water partition coefficient (Wildman–Crippen LogP) is 1.14. The summed E-state index contributed by atoms with van der Waals surface area (Å²) in [6.45, 7) is -0.266. The first-order chi connectivity index (χ1) is 12.5. The van der Waals surface area contributed by atoms with Crippen molar-refractivity contribution in [1.82, 2.24) is 9.62 Å². The fraction of sp³-hybridized carbons (Fsp3) is 0.533. The van der Waals surface area contributed by atoms with Gasteiger partial charge in [-0.3, -0.25) is 4.79 Å². The number of carbonyl (C=O) groups is 1. The van der Waals surface area contributed by atoms with Crippen LogP contribution in [0.15, 0.2) is 12.1 Å². The van der Waals surface area contributed by atoms with Crippen LogP contribution in [0.1, 0.15) is 12.0 Å². The number of nitrogens with zero attached hydrogens (tertiary/aromatic N) is 2. The molecule has 1 amide bonds. The molecule has 2 heterocycles. The number of phenolic OH excluding ortho intramolecular Hbond substituents is 1. The number of halogens is 4. The molecular formula is C15H17F4N3O4S. The van der Waals surface area contributed by atoms with E-state index in [1.54, 1.807) is 9.62 Å². The molecule has 12 heteroatoms. The van der Waals surface area contributed by atoms with Crippen LogP contribution < -0.4 is 9.03 Å². The highest BCUT2D eigenvalue weighted by Crippen LogP contribution is 2.36. The highest BCUT2D eigenvalue weighted by atomic mass is 32.2. The maximum absolute atomic E-state index is 14.4. The second kappa shape index (κ2) is 6.82. The van der Waals surface area contributed by atoms with Crippen LogP contribution in [-0.4, -0.2) is 56.7 Å². The fourth-order valence-corrected chi connectivity index (χ4v) is 4.44. The SMILES string of the molecule is O=C1CN(c2c(O)cc(CCN3CC[C@H](C(F)(F)F)C3)cc2F)S(=O)(=O)N1. The molecule has 0 aromatic heterocycles. The minimum atomic E-state index is -4.27. The van der Waals surface area contributed by atoms with Gasteiger partial charge in [-0.1, -0.05) is 0 Å². The van der Waals surface area contributed by atoms with E-state index in [4.69, 9.17) is 0 Å². The molecular weight excluding hydrogens is 394 g/mol. The lowest BCUT2D eigenvalue weighted by atomic mass is 10.1. The molecule has 0 radical (unpaired) electrons. The Kier molecular flexibility index (Phi) is 4.97. The van der Waals surface area contributed by atoms with Gasteiger partial charge in [0.1, 0.15) is 18.0 Å². The first-order valence-corrected chi connectivity index (χ1v) is 9.55. The fourth-order valence-electron chi connectivity index (χ4n) is 3.27. The maximum Gasteiger partial charge on any atom is 0.393 e. The van der Waals surface area contributed by atoms with Crippen LogP contribution in [0.5, 0.6) is 5.75 Å². The van der Waals surface area contributed by atoms with Gasteiger partial charge in [0.05, 0.1) is 5.92 Å². The molecule has 0 saturated carbocycles. The van der Waals surface area contributed by atoms with E-state index < -0.39 is 52.0 Å². The zero-order valence-corrected chi connectivity index (χ0v) is 14.8. The molecule has 2 N–H and O–H groups in total. The average Bonchev–Trinajstić information content (AvgIpc) is 3.09. The summed E-state index contributed by atoms with van der Waals surface area (Å²) >= 11 is 0. The van der Waals surface area contributed by atoms with E-state index in [2.05, 4.69) is 0 Å². The van der Waals surface area contributed by atoms with E-state index >= 15 is 0 Å². The topological polar surface area (TPSA) is 90.0 Å². The Morgan fingerprint density at radius 3 is 2.52 bits per heavy atom. The molecule has 1 aromatic carbocycles. The van der Waals surface area contributed by atoms with Gasteiger partial charge in [-0.25, -0.2) is 13.4 Å². The number of anilines is 1. The van der Waals surface area contributed by atoms with E-state index in [1.807, 2.05) is 0 Å². The first kappa shape index (κ1) is 19.7. The molecule has 150 valence electrons. The van der Waals surface area contributed by atoms with E-state index in [-0.39, 0.29) is 32.5 Å². The van der Waals surface area contributed by atoms with Gasteiger partial charge < -0.3 is 10.0 Å². The lowest BCUT2D eigenvalue weighted by Gasteiger charge is -2.19. The van der Waals surface area contributed by atoms with Crippen LogP contribution in [-0.2, 0) is 21.4 Å². The summed E-state index contributed by atoms with van der Waals surface area (Å²) in [4.78, 5) is 12.9. The van der Waals surface area contributed by atoms with Crippen molar-refractivity contribution in [1.29, 1.82) is 0 Å². The molecule has 0 aliphatic carbocycles. The number of carbonyl (C=O) groups excluding carboxylic acids is 1. The van der Waals surface area contributed by atoms with Crippen molar-refractivity contribution in [3.05, 3.63) is 23.5 Å². The molecule has 3 rings (SSSR count). The molecule has 0 spiro atoms. The number of rotatable bonds is 4. The highest BCUT2D eigenvalue weighted by Gasteiger charge is 2.43. The van der Waals surface area contributed by atoms with Crippen LogP contribution in [0.3, 0.4) is 0 Å². The number of amides is 1. The van der Waals surface area contributed by atoms with Crippen LogP contribution in [0.2, 0.25) is 0 Å². The summed E-state index contributed by atoms with van der Waals surface area (Å²) in [5, 5.41) is 10.0. The van der Waals surface area contributed by atoms with Crippen LogP contribution in [0, 0.1) is 11.7 Å². The van der Waals surface area contributed by atoms with Gasteiger partial charge in [-0.05, 0) is 37.1 Å². The second-order valence-electron chi connectivity index (χ2n) is 6.56. The third kappa shape index (κ3) is 4.10. The van der Waals surface area contributed by atoms with E-state index in [0.29, 0.717) is 9.87 Å². The quantitative estimate of drug-likeness (QED) is 0.726. The molecule has 1 aromatic rings. The van der Waals surface area contributed by atoms with Gasteiger partial charge in [0, 0.05) is 13.1 Å². The van der Waals surface area contributed by atoms with Crippen molar-refractivity contribution in [2.45, 2.75) is 19.0 Å². The standard InChI is InChI=1S/C15H17F4N3O4S/c16-11-5-9(1-3-21-4-2-10(7-21)15(17,18)19)6-12(23)14(11)22-8-13(24)20-27(22,25)26/h5-6,10,23H,1-4,7-8H2,(H,20,24)/t10-/m0/s1. The maximum atomic E-state index is 14.4. The third-order valence-electron chi connectivity index (χ3n) is 4.62. The number of nitrogens with one attached hydrogen (secondary N) is 1. The van der Waals surface area contributed by atoms with Gasteiger partial charge in [-0.15, -0.1) is 0 Å². The second-order valence-corrected chi connectivity index (χ2v) is 8.16. The summed E-state index contributed by atoms with van der Waals surface area (Å²) in [7, 11) is -4.27. The molecule has 2 fully saturated rings. The van der Waals surface area contributed by atoms with Crippen molar-refractivity contribution in [3.63, 3.8) is 0 Å². The van der Waals surface area contributed by atoms with Gasteiger partial charge in [-0.2, -0.15) is 21.6 Å². The van der Waals surface area contributed by atoms with E-state index in [1.165, 1.54) is 0 Å². The predicted molar refractivity (Wildman–Crippen MR) is 86.8 cm³/mol. The van der Waals surface area contributed by atoms with E-state index in [9.17, 15) is 35.9 Å². The number of hydrogen-bond donors (Lipinski definition) is 2. The Balaban J connectivity index is 1.70. The van der Waals surface area contributed by atoms with Crippen molar-refractivity contribution < 1.29 is 35.9 Å².